The Hall–Kier alpha value is -1.17. The van der Waals surface area contributed by atoms with Crippen LogP contribution in [-0.4, -0.2) is 19.6 Å². The lowest BCUT2D eigenvalue weighted by Crippen LogP contribution is -2.00. The van der Waals surface area contributed by atoms with E-state index >= 15 is 0 Å². The molecule has 7 heteroatoms. The van der Waals surface area contributed by atoms with Gasteiger partial charge in [-0.3, -0.25) is 4.40 Å². The number of hydrogen-bond donors (Lipinski definition) is 0. The summed E-state index contributed by atoms with van der Waals surface area (Å²) < 4.78 is 2.63. The summed E-state index contributed by atoms with van der Waals surface area (Å²) in [6.45, 7) is 3.87. The molecule has 92 valence electrons. The Morgan fingerprint density at radius 3 is 2.61 bits per heavy atom. The first-order chi connectivity index (χ1) is 8.58. The molecule has 0 unspecified atom stereocenters. The van der Waals surface area contributed by atoms with Gasteiger partial charge >= 0.3 is 0 Å². The van der Waals surface area contributed by atoms with Crippen LogP contribution >= 0.6 is 34.5 Å². The topological polar surface area (TPSA) is 43.1 Å². The third kappa shape index (κ3) is 1.70. The molecule has 3 rings (SSSR count). The molecule has 0 fully saturated rings. The molecule has 18 heavy (non-hydrogen) atoms. The van der Waals surface area contributed by atoms with Crippen LogP contribution < -0.4 is 0 Å². The molecule has 0 aliphatic rings. The van der Waals surface area contributed by atoms with Gasteiger partial charge in [-0.1, -0.05) is 23.2 Å². The van der Waals surface area contributed by atoms with Gasteiger partial charge in [0, 0.05) is 5.69 Å². The molecular formula is C11H8Cl2N4S. The Kier molecular flexibility index (Phi) is 2.77. The van der Waals surface area contributed by atoms with E-state index in [1.807, 2.05) is 30.4 Å². The highest BCUT2D eigenvalue weighted by atomic mass is 35.5. The summed E-state index contributed by atoms with van der Waals surface area (Å²) in [5, 5.41) is 8.63. The number of rotatable bonds is 1. The van der Waals surface area contributed by atoms with E-state index in [-0.39, 0.29) is 0 Å². The summed E-state index contributed by atoms with van der Waals surface area (Å²) in [5.74, 6) is 0.742. The molecule has 4 nitrogen and oxygen atoms in total. The zero-order valence-corrected chi connectivity index (χ0v) is 11.9. The van der Waals surface area contributed by atoms with Gasteiger partial charge in [-0.2, -0.15) is 0 Å². The molecular weight excluding hydrogens is 291 g/mol. The minimum absolute atomic E-state index is 0.361. The van der Waals surface area contributed by atoms with Crippen molar-refractivity contribution in [3.63, 3.8) is 0 Å². The van der Waals surface area contributed by atoms with Crippen LogP contribution in [-0.2, 0) is 0 Å². The maximum Gasteiger partial charge on any atom is 0.199 e. The highest BCUT2D eigenvalue weighted by Crippen LogP contribution is 2.31. The minimum Gasteiger partial charge on any atom is -0.275 e. The van der Waals surface area contributed by atoms with E-state index in [0.717, 1.165) is 26.4 Å². The highest BCUT2D eigenvalue weighted by molar-refractivity contribution is 7.19. The Balaban J connectivity index is 2.38. The predicted molar refractivity (Wildman–Crippen MR) is 73.6 cm³/mol. The van der Waals surface area contributed by atoms with Crippen molar-refractivity contribution in [1.29, 1.82) is 0 Å². The van der Waals surface area contributed by atoms with Crippen molar-refractivity contribution in [3.8, 4) is 10.7 Å². The molecule has 3 aromatic rings. The average Bonchev–Trinajstić information content (AvgIpc) is 2.91. The van der Waals surface area contributed by atoms with Crippen LogP contribution in [0.3, 0.4) is 0 Å². The number of halogens is 2. The predicted octanol–water partition coefficient (Wildman–Crippen LogP) is 3.78. The molecule has 0 aromatic carbocycles. The SMILES string of the molecule is Cc1nc(Cl)c2nnc(-c3ccc(Cl)s3)n2c1C. The Bertz CT molecular complexity index is 747. The van der Waals surface area contributed by atoms with Crippen molar-refractivity contribution in [3.05, 3.63) is 33.0 Å². The van der Waals surface area contributed by atoms with E-state index in [0.29, 0.717) is 10.8 Å². The van der Waals surface area contributed by atoms with Gasteiger partial charge in [-0.05, 0) is 26.0 Å². The monoisotopic (exact) mass is 298 g/mol. The Morgan fingerprint density at radius 1 is 1.17 bits per heavy atom. The summed E-state index contributed by atoms with van der Waals surface area (Å²) in [5.41, 5.74) is 2.40. The summed E-state index contributed by atoms with van der Waals surface area (Å²) in [6.07, 6.45) is 0. The van der Waals surface area contributed by atoms with Gasteiger partial charge in [0.25, 0.3) is 0 Å². The second-order valence-electron chi connectivity index (χ2n) is 3.86. The normalized spacial score (nSPS) is 11.3. The van der Waals surface area contributed by atoms with E-state index in [4.69, 9.17) is 23.2 Å². The van der Waals surface area contributed by atoms with Crippen LogP contribution in [0.15, 0.2) is 12.1 Å². The number of aryl methyl sites for hydroxylation is 2. The largest absolute Gasteiger partial charge is 0.275 e. The van der Waals surface area contributed by atoms with E-state index in [9.17, 15) is 0 Å². The summed E-state index contributed by atoms with van der Waals surface area (Å²) in [7, 11) is 0. The van der Waals surface area contributed by atoms with Crippen LogP contribution in [0, 0.1) is 13.8 Å². The molecule has 0 N–H and O–H groups in total. The molecule has 0 amide bonds. The summed E-state index contributed by atoms with van der Waals surface area (Å²) >= 11 is 13.5. The maximum atomic E-state index is 6.08. The quantitative estimate of drug-likeness (QED) is 0.687. The van der Waals surface area contributed by atoms with Gasteiger partial charge in [-0.25, -0.2) is 4.98 Å². The van der Waals surface area contributed by atoms with Crippen LogP contribution in [0.5, 0.6) is 0 Å². The molecule has 0 saturated heterocycles. The number of fused-ring (bicyclic) bond motifs is 1. The standard InChI is InChI=1S/C11H8Cl2N4S/c1-5-6(2)17-10(7-3-4-8(12)18-7)15-16-11(17)9(13)14-5/h3-4H,1-2H3. The fraction of sp³-hybridized carbons (Fsp3) is 0.182. The lowest BCUT2D eigenvalue weighted by molar-refractivity contribution is 1.00. The molecule has 0 atom stereocenters. The van der Waals surface area contributed by atoms with Gasteiger partial charge in [-0.15, -0.1) is 21.5 Å². The fourth-order valence-corrected chi connectivity index (χ4v) is 3.04. The lowest BCUT2D eigenvalue weighted by Gasteiger charge is -2.05. The summed E-state index contributed by atoms with van der Waals surface area (Å²) in [4.78, 5) is 5.19. The second-order valence-corrected chi connectivity index (χ2v) is 5.93. The van der Waals surface area contributed by atoms with E-state index < -0.39 is 0 Å². The third-order valence-corrected chi connectivity index (χ3v) is 4.25. The first kappa shape index (κ1) is 11.9. The highest BCUT2D eigenvalue weighted by Gasteiger charge is 2.16. The third-order valence-electron chi connectivity index (χ3n) is 2.77. The van der Waals surface area contributed by atoms with Crippen molar-refractivity contribution < 1.29 is 0 Å². The number of thiophene rings is 1. The lowest BCUT2D eigenvalue weighted by atomic mass is 10.3. The van der Waals surface area contributed by atoms with Crippen molar-refractivity contribution in [2.75, 3.05) is 0 Å². The van der Waals surface area contributed by atoms with Crippen molar-refractivity contribution in [2.45, 2.75) is 13.8 Å². The first-order valence-electron chi connectivity index (χ1n) is 5.21. The maximum absolute atomic E-state index is 6.08. The van der Waals surface area contributed by atoms with Gasteiger partial charge < -0.3 is 0 Å². The molecule has 0 aliphatic carbocycles. The van der Waals surface area contributed by atoms with Gasteiger partial charge in [0.05, 0.1) is 14.9 Å². The van der Waals surface area contributed by atoms with Crippen LogP contribution in [0.2, 0.25) is 9.49 Å². The molecule has 0 spiro atoms. The van der Waals surface area contributed by atoms with Crippen LogP contribution in [0.25, 0.3) is 16.3 Å². The van der Waals surface area contributed by atoms with Crippen LogP contribution in [0.1, 0.15) is 11.4 Å². The molecule has 0 bridgehead atoms. The molecule has 0 radical (unpaired) electrons. The number of nitrogens with zero attached hydrogens (tertiary/aromatic N) is 4. The molecule has 0 saturated carbocycles. The number of aromatic nitrogens is 4. The Morgan fingerprint density at radius 2 is 1.94 bits per heavy atom. The zero-order valence-electron chi connectivity index (χ0n) is 9.61. The van der Waals surface area contributed by atoms with Crippen molar-refractivity contribution in [2.24, 2.45) is 0 Å². The van der Waals surface area contributed by atoms with Crippen LogP contribution in [0.4, 0.5) is 0 Å². The van der Waals surface area contributed by atoms with Gasteiger partial charge in [0.1, 0.15) is 0 Å². The second kappa shape index (κ2) is 4.19. The van der Waals surface area contributed by atoms with E-state index in [1.54, 1.807) is 0 Å². The molecule has 3 heterocycles. The van der Waals surface area contributed by atoms with Crippen molar-refractivity contribution in [1.82, 2.24) is 19.6 Å². The van der Waals surface area contributed by atoms with Gasteiger partial charge in [0.15, 0.2) is 16.6 Å². The van der Waals surface area contributed by atoms with E-state index in [1.165, 1.54) is 11.3 Å². The molecule has 0 aliphatic heterocycles. The summed E-state index contributed by atoms with van der Waals surface area (Å²) in [6, 6.07) is 3.76. The minimum atomic E-state index is 0.361. The number of hydrogen-bond acceptors (Lipinski definition) is 4. The van der Waals surface area contributed by atoms with E-state index in [2.05, 4.69) is 15.2 Å². The molecule has 3 aromatic heterocycles. The smallest absolute Gasteiger partial charge is 0.199 e. The van der Waals surface area contributed by atoms with Gasteiger partial charge in [0.2, 0.25) is 0 Å². The average molecular weight is 299 g/mol. The Labute approximate surface area is 117 Å². The fourth-order valence-electron chi connectivity index (χ4n) is 1.77. The zero-order chi connectivity index (χ0) is 12.9. The van der Waals surface area contributed by atoms with Crippen molar-refractivity contribution >= 4 is 40.2 Å². The first-order valence-corrected chi connectivity index (χ1v) is 6.78.